The molecular formula is C31H40F5NO2S. The van der Waals surface area contributed by atoms with Crippen LogP contribution in [-0.2, 0) is 17.2 Å². The predicted molar refractivity (Wildman–Crippen MR) is 153 cm³/mol. The monoisotopic (exact) mass is 585 g/mol. The van der Waals surface area contributed by atoms with Gasteiger partial charge in [0.05, 0.1) is 0 Å². The fourth-order valence-electron chi connectivity index (χ4n) is 5.32. The van der Waals surface area contributed by atoms with Gasteiger partial charge in [0.15, 0.2) is 11.6 Å². The summed E-state index contributed by atoms with van der Waals surface area (Å²) in [6, 6.07) is 9.53. The lowest BCUT2D eigenvalue weighted by Crippen LogP contribution is -2.22. The number of nitrogens with zero attached hydrogens (tertiary/aromatic N) is 1. The molecule has 3 nitrogen and oxygen atoms in total. The number of aryl methyl sites for hydroxylation is 1. The molecule has 222 valence electrons. The third-order valence-corrected chi connectivity index (χ3v) is 8.87. The Labute approximate surface area is 236 Å². The van der Waals surface area contributed by atoms with Crippen LogP contribution >= 0.6 is 0 Å². The molecule has 9 heteroatoms. The van der Waals surface area contributed by atoms with E-state index in [1.165, 1.54) is 12.1 Å². The number of hydrogen-bond acceptors (Lipinski definition) is 3. The quantitative estimate of drug-likeness (QED) is 0.169. The van der Waals surface area contributed by atoms with E-state index in [9.17, 15) is 31.3 Å². The minimum Gasteiger partial charge on any atom is -0.508 e. The molecule has 0 saturated carbocycles. The molecule has 0 radical (unpaired) electrons. The van der Waals surface area contributed by atoms with Gasteiger partial charge in [-0.25, -0.2) is 8.78 Å². The molecule has 0 amide bonds. The van der Waals surface area contributed by atoms with Crippen LogP contribution in [0.1, 0.15) is 80.9 Å². The van der Waals surface area contributed by atoms with Crippen molar-refractivity contribution in [1.29, 1.82) is 0 Å². The Morgan fingerprint density at radius 2 is 1.60 bits per heavy atom. The Kier molecular flexibility index (Phi) is 12.6. The number of alkyl halides is 3. The van der Waals surface area contributed by atoms with Gasteiger partial charge in [-0.1, -0.05) is 25.0 Å². The summed E-state index contributed by atoms with van der Waals surface area (Å²) >= 11 is 0. The summed E-state index contributed by atoms with van der Waals surface area (Å²) in [5.41, 5.74) is 5.04. The van der Waals surface area contributed by atoms with Gasteiger partial charge in [-0.2, -0.15) is 13.2 Å². The van der Waals surface area contributed by atoms with E-state index in [4.69, 9.17) is 0 Å². The van der Waals surface area contributed by atoms with Gasteiger partial charge < -0.3 is 10.0 Å². The van der Waals surface area contributed by atoms with Gasteiger partial charge in [0.1, 0.15) is 5.75 Å². The van der Waals surface area contributed by atoms with Crippen molar-refractivity contribution >= 4 is 21.9 Å². The van der Waals surface area contributed by atoms with E-state index >= 15 is 0 Å². The van der Waals surface area contributed by atoms with E-state index in [2.05, 4.69) is 4.90 Å². The van der Waals surface area contributed by atoms with E-state index < -0.39 is 35.0 Å². The molecule has 1 atom stereocenters. The zero-order chi connectivity index (χ0) is 29.1. The van der Waals surface area contributed by atoms with E-state index in [0.717, 1.165) is 86.7 Å². The summed E-state index contributed by atoms with van der Waals surface area (Å²) in [5.74, 6) is -0.952. The molecule has 0 aromatic heterocycles. The number of phenolic OH excluding ortho intramolecular Hbond substituents is 1. The number of phenols is 1. The number of rotatable bonds is 15. The van der Waals surface area contributed by atoms with Gasteiger partial charge in [-0.05, 0) is 124 Å². The zero-order valence-electron chi connectivity index (χ0n) is 23.2. The largest absolute Gasteiger partial charge is 0.508 e. The molecule has 0 spiro atoms. The van der Waals surface area contributed by atoms with Gasteiger partial charge in [-0.3, -0.25) is 4.21 Å². The molecule has 0 heterocycles. The highest BCUT2D eigenvalue weighted by Crippen LogP contribution is 2.40. The van der Waals surface area contributed by atoms with Crippen molar-refractivity contribution in [2.75, 3.05) is 31.6 Å². The second-order valence-electron chi connectivity index (χ2n) is 10.7. The van der Waals surface area contributed by atoms with Crippen LogP contribution in [0.2, 0.25) is 0 Å². The summed E-state index contributed by atoms with van der Waals surface area (Å²) in [6.45, 7) is 1.66. The number of benzene rings is 2. The second-order valence-corrected chi connectivity index (χ2v) is 12.4. The summed E-state index contributed by atoms with van der Waals surface area (Å²) in [7, 11) is 0.797. The smallest absolute Gasteiger partial charge is 0.389 e. The minimum absolute atomic E-state index is 0.0841. The predicted octanol–water partition coefficient (Wildman–Crippen LogP) is 8.28. The van der Waals surface area contributed by atoms with Crippen molar-refractivity contribution in [2.45, 2.75) is 76.8 Å². The van der Waals surface area contributed by atoms with Crippen molar-refractivity contribution in [3.05, 3.63) is 64.7 Å². The Morgan fingerprint density at radius 1 is 0.875 bits per heavy atom. The second kappa shape index (κ2) is 15.7. The molecule has 0 aliphatic heterocycles. The van der Waals surface area contributed by atoms with Crippen LogP contribution in [0.4, 0.5) is 22.0 Å². The van der Waals surface area contributed by atoms with Crippen molar-refractivity contribution in [3.8, 4) is 5.75 Å². The maximum atomic E-state index is 14.1. The molecule has 0 bridgehead atoms. The summed E-state index contributed by atoms with van der Waals surface area (Å²) in [5, 5.41) is 10.0. The van der Waals surface area contributed by atoms with Crippen molar-refractivity contribution in [2.24, 2.45) is 0 Å². The number of aromatic hydroxyl groups is 1. The zero-order valence-corrected chi connectivity index (χ0v) is 24.0. The molecule has 2 aromatic carbocycles. The highest BCUT2D eigenvalue weighted by molar-refractivity contribution is 7.84. The number of halogens is 5. The van der Waals surface area contributed by atoms with Gasteiger partial charge >= 0.3 is 6.18 Å². The lowest BCUT2D eigenvalue weighted by molar-refractivity contribution is -0.134. The van der Waals surface area contributed by atoms with Crippen LogP contribution in [0.3, 0.4) is 0 Å². The molecular weight excluding hydrogens is 545 g/mol. The van der Waals surface area contributed by atoms with Gasteiger partial charge in [0, 0.05) is 28.7 Å². The molecule has 1 aliphatic carbocycles. The van der Waals surface area contributed by atoms with Gasteiger partial charge in [0.2, 0.25) is 0 Å². The highest BCUT2D eigenvalue weighted by Gasteiger charge is 2.26. The van der Waals surface area contributed by atoms with E-state index in [0.29, 0.717) is 17.7 Å². The van der Waals surface area contributed by atoms with E-state index in [1.54, 1.807) is 18.2 Å². The number of fused-ring (bicyclic) bond motifs is 1. The Balaban J connectivity index is 1.47. The third kappa shape index (κ3) is 10.6. The molecule has 40 heavy (non-hydrogen) atoms. The maximum absolute atomic E-state index is 14.1. The average Bonchev–Trinajstić information content (AvgIpc) is 3.06. The summed E-state index contributed by atoms with van der Waals surface area (Å²) < 4.78 is 76.3. The molecule has 0 fully saturated rings. The first-order chi connectivity index (χ1) is 19.0. The van der Waals surface area contributed by atoms with Gasteiger partial charge in [0.25, 0.3) is 0 Å². The van der Waals surface area contributed by atoms with Crippen LogP contribution in [-0.4, -0.2) is 52.0 Å². The van der Waals surface area contributed by atoms with Crippen molar-refractivity contribution in [1.82, 2.24) is 4.90 Å². The topological polar surface area (TPSA) is 40.5 Å². The number of allylic oxidation sites excluding steroid dienone is 2. The SMILES string of the molecule is CN(CCCCCCC1=C(c2ccc(F)c(F)c2)CCCc2cc(O)ccc21)CCCS(=O)CCCC(F)(F)F. The molecule has 1 unspecified atom stereocenters. The normalized spacial score (nSPS) is 14.9. The number of hydrogen-bond donors (Lipinski definition) is 1. The van der Waals surface area contributed by atoms with Crippen LogP contribution in [0.5, 0.6) is 5.75 Å². The fraction of sp³-hybridized carbons (Fsp3) is 0.548. The molecule has 0 saturated heterocycles. The lowest BCUT2D eigenvalue weighted by Gasteiger charge is -2.17. The minimum atomic E-state index is -4.18. The standard InChI is InChI=1S/C31H40F5NO2S/c1-37(18-8-20-40(39)19-7-16-31(34,35)36)17-5-3-2-4-10-28-26(24-12-15-29(32)30(33)22-24)11-6-9-23-21-25(38)13-14-27(23)28/h12-15,21-22,38H,2-11,16-20H2,1H3. The molecule has 2 aromatic rings. The molecule has 3 rings (SSSR count). The van der Waals surface area contributed by atoms with Crippen LogP contribution in [0.15, 0.2) is 36.4 Å². The summed E-state index contributed by atoms with van der Waals surface area (Å²) in [4.78, 5) is 2.17. The van der Waals surface area contributed by atoms with Crippen LogP contribution < -0.4 is 0 Å². The van der Waals surface area contributed by atoms with Crippen molar-refractivity contribution in [3.63, 3.8) is 0 Å². The van der Waals surface area contributed by atoms with E-state index in [1.807, 2.05) is 13.1 Å². The fourth-order valence-corrected chi connectivity index (χ4v) is 6.44. The number of unbranched alkanes of at least 4 members (excludes halogenated alkanes) is 3. The maximum Gasteiger partial charge on any atom is 0.389 e. The van der Waals surface area contributed by atoms with E-state index in [-0.39, 0.29) is 17.9 Å². The van der Waals surface area contributed by atoms with Crippen molar-refractivity contribution < 1.29 is 31.3 Å². The Hall–Kier alpha value is -2.26. The highest BCUT2D eigenvalue weighted by atomic mass is 32.2. The molecule has 1 aliphatic rings. The summed E-state index contributed by atoms with van der Waals surface area (Å²) in [6.07, 6.45) is 2.79. The first-order valence-electron chi connectivity index (χ1n) is 14.1. The molecule has 1 N–H and O–H groups in total. The first kappa shape index (κ1) is 32.3. The third-order valence-electron chi connectivity index (χ3n) is 7.38. The average molecular weight is 586 g/mol. The van der Waals surface area contributed by atoms with Crippen LogP contribution in [0.25, 0.3) is 11.1 Å². The first-order valence-corrected chi connectivity index (χ1v) is 15.6. The lowest BCUT2D eigenvalue weighted by atomic mass is 9.89. The Morgan fingerprint density at radius 3 is 2.35 bits per heavy atom. The van der Waals surface area contributed by atoms with Crippen LogP contribution in [0, 0.1) is 11.6 Å². The van der Waals surface area contributed by atoms with Gasteiger partial charge in [-0.15, -0.1) is 0 Å². The Bertz CT molecular complexity index is 1160.